The highest BCUT2D eigenvalue weighted by molar-refractivity contribution is 9.10. The molecule has 0 spiro atoms. The fraction of sp³-hybridized carbons (Fsp3) is 0.0625. The molecule has 1 aromatic heterocycles. The largest absolute Gasteiger partial charge is 0.321 e. The minimum Gasteiger partial charge on any atom is -0.321 e. The maximum absolute atomic E-state index is 12.3. The van der Waals surface area contributed by atoms with Crippen molar-refractivity contribution in [1.82, 2.24) is 0 Å². The smallest absolute Gasteiger partial charge is 0.266 e. The Morgan fingerprint density at radius 2 is 1.85 bits per heavy atom. The molecule has 0 aliphatic rings. The van der Waals surface area contributed by atoms with E-state index in [2.05, 4.69) is 21.2 Å². The molecule has 0 bridgehead atoms. The van der Waals surface area contributed by atoms with Gasteiger partial charge in [-0.05, 0) is 41.5 Å². The standard InChI is InChI=1S/C16H12BrNOS/c1-10-8-9-20-15(10)16(19)18-14-7-6-13(17)11-4-2-3-5-12(11)14/h2-9H,1H3,(H,18,19). The minimum atomic E-state index is -0.0509. The lowest BCUT2D eigenvalue weighted by Gasteiger charge is -2.09. The molecule has 0 radical (unpaired) electrons. The van der Waals surface area contributed by atoms with E-state index in [1.54, 1.807) is 0 Å². The fourth-order valence-electron chi connectivity index (χ4n) is 2.16. The van der Waals surface area contributed by atoms with Gasteiger partial charge in [-0.15, -0.1) is 11.3 Å². The van der Waals surface area contributed by atoms with Crippen LogP contribution >= 0.6 is 27.3 Å². The van der Waals surface area contributed by atoms with Crippen LogP contribution in [0.15, 0.2) is 52.3 Å². The quantitative estimate of drug-likeness (QED) is 0.677. The van der Waals surface area contributed by atoms with Crippen LogP contribution in [0.25, 0.3) is 10.8 Å². The first-order valence-corrected chi connectivity index (χ1v) is 7.87. The summed E-state index contributed by atoms with van der Waals surface area (Å²) in [6, 6.07) is 13.8. The van der Waals surface area contributed by atoms with Crippen LogP contribution in [0.3, 0.4) is 0 Å². The van der Waals surface area contributed by atoms with Crippen LogP contribution in [0.5, 0.6) is 0 Å². The van der Waals surface area contributed by atoms with Crippen molar-refractivity contribution in [3.8, 4) is 0 Å². The van der Waals surface area contributed by atoms with Gasteiger partial charge in [0, 0.05) is 15.5 Å². The lowest BCUT2D eigenvalue weighted by Crippen LogP contribution is -2.11. The van der Waals surface area contributed by atoms with E-state index < -0.39 is 0 Å². The zero-order chi connectivity index (χ0) is 14.1. The molecule has 1 amide bonds. The average Bonchev–Trinajstić information content (AvgIpc) is 2.88. The van der Waals surface area contributed by atoms with E-state index in [0.717, 1.165) is 31.4 Å². The van der Waals surface area contributed by atoms with E-state index >= 15 is 0 Å². The fourth-order valence-corrected chi connectivity index (χ4v) is 3.45. The van der Waals surface area contributed by atoms with E-state index in [-0.39, 0.29) is 5.91 Å². The molecule has 100 valence electrons. The highest BCUT2D eigenvalue weighted by Gasteiger charge is 2.12. The normalized spacial score (nSPS) is 10.7. The summed E-state index contributed by atoms with van der Waals surface area (Å²) in [6.07, 6.45) is 0. The van der Waals surface area contributed by atoms with Crippen molar-refractivity contribution in [3.63, 3.8) is 0 Å². The van der Waals surface area contributed by atoms with Gasteiger partial charge in [-0.1, -0.05) is 40.2 Å². The van der Waals surface area contributed by atoms with Gasteiger partial charge in [-0.25, -0.2) is 0 Å². The van der Waals surface area contributed by atoms with Crippen molar-refractivity contribution < 1.29 is 4.79 Å². The number of halogens is 1. The van der Waals surface area contributed by atoms with E-state index in [0.29, 0.717) is 0 Å². The van der Waals surface area contributed by atoms with Crippen LogP contribution in [0, 0.1) is 6.92 Å². The van der Waals surface area contributed by atoms with E-state index in [1.165, 1.54) is 11.3 Å². The Kier molecular flexibility index (Phi) is 3.59. The van der Waals surface area contributed by atoms with E-state index in [9.17, 15) is 4.79 Å². The molecular formula is C16H12BrNOS. The van der Waals surface area contributed by atoms with Crippen molar-refractivity contribution in [3.05, 3.63) is 62.8 Å². The van der Waals surface area contributed by atoms with Gasteiger partial charge in [0.2, 0.25) is 0 Å². The summed E-state index contributed by atoms with van der Waals surface area (Å²) in [6.45, 7) is 1.95. The zero-order valence-corrected chi connectivity index (χ0v) is 13.2. The van der Waals surface area contributed by atoms with Crippen molar-refractivity contribution in [1.29, 1.82) is 0 Å². The molecule has 0 aliphatic heterocycles. The highest BCUT2D eigenvalue weighted by Crippen LogP contribution is 2.30. The van der Waals surface area contributed by atoms with Crippen LogP contribution in [0.4, 0.5) is 5.69 Å². The number of nitrogens with one attached hydrogen (secondary N) is 1. The Morgan fingerprint density at radius 1 is 1.10 bits per heavy atom. The molecule has 0 fully saturated rings. The topological polar surface area (TPSA) is 29.1 Å². The van der Waals surface area contributed by atoms with Gasteiger partial charge in [0.15, 0.2) is 0 Å². The second kappa shape index (κ2) is 5.38. The van der Waals surface area contributed by atoms with E-state index in [1.807, 2.05) is 54.8 Å². The van der Waals surface area contributed by atoms with Crippen LogP contribution in [0.1, 0.15) is 15.2 Å². The number of fused-ring (bicyclic) bond motifs is 1. The second-order valence-electron chi connectivity index (χ2n) is 4.53. The second-order valence-corrected chi connectivity index (χ2v) is 6.30. The SMILES string of the molecule is Cc1ccsc1C(=O)Nc1ccc(Br)c2ccccc12. The lowest BCUT2D eigenvalue weighted by atomic mass is 10.1. The maximum atomic E-state index is 12.3. The van der Waals surface area contributed by atoms with Gasteiger partial charge in [-0.2, -0.15) is 0 Å². The molecular weight excluding hydrogens is 334 g/mol. The van der Waals surface area contributed by atoms with Crippen LogP contribution in [0.2, 0.25) is 0 Å². The minimum absolute atomic E-state index is 0.0509. The van der Waals surface area contributed by atoms with Crippen molar-refractivity contribution >= 4 is 49.6 Å². The first-order chi connectivity index (χ1) is 9.66. The monoisotopic (exact) mass is 345 g/mol. The Bertz CT molecular complexity index is 794. The third-order valence-corrected chi connectivity index (χ3v) is 4.89. The zero-order valence-electron chi connectivity index (χ0n) is 10.8. The summed E-state index contributed by atoms with van der Waals surface area (Å²) < 4.78 is 1.03. The summed E-state index contributed by atoms with van der Waals surface area (Å²) in [5.41, 5.74) is 1.84. The molecule has 1 N–H and O–H groups in total. The summed E-state index contributed by atoms with van der Waals surface area (Å²) in [7, 11) is 0. The number of carbonyl (C=O) groups is 1. The number of rotatable bonds is 2. The van der Waals surface area contributed by atoms with Gasteiger partial charge < -0.3 is 5.32 Å². The number of carbonyl (C=O) groups excluding carboxylic acids is 1. The van der Waals surface area contributed by atoms with Gasteiger partial charge >= 0.3 is 0 Å². The summed E-state index contributed by atoms with van der Waals surface area (Å²) in [5, 5.41) is 7.06. The molecule has 20 heavy (non-hydrogen) atoms. The van der Waals surface area contributed by atoms with Crippen molar-refractivity contribution in [2.75, 3.05) is 5.32 Å². The molecule has 3 aromatic rings. The van der Waals surface area contributed by atoms with Gasteiger partial charge in [0.05, 0.1) is 4.88 Å². The summed E-state index contributed by atoms with van der Waals surface area (Å²) in [5.74, 6) is -0.0509. The molecule has 0 atom stereocenters. The maximum Gasteiger partial charge on any atom is 0.266 e. The number of hydrogen-bond donors (Lipinski definition) is 1. The number of benzene rings is 2. The molecule has 1 heterocycles. The predicted octanol–water partition coefficient (Wildman–Crippen LogP) is 5.22. The Labute approximate surface area is 129 Å². The van der Waals surface area contributed by atoms with Crippen molar-refractivity contribution in [2.24, 2.45) is 0 Å². The third-order valence-electron chi connectivity index (χ3n) is 3.19. The van der Waals surface area contributed by atoms with Gasteiger partial charge in [0.1, 0.15) is 0 Å². The first kappa shape index (κ1) is 13.3. The lowest BCUT2D eigenvalue weighted by molar-refractivity contribution is 0.103. The Hall–Kier alpha value is -1.65. The molecule has 0 unspecified atom stereocenters. The summed E-state index contributed by atoms with van der Waals surface area (Å²) >= 11 is 5.00. The third kappa shape index (κ3) is 2.37. The molecule has 0 aliphatic carbocycles. The Balaban J connectivity index is 2.02. The van der Waals surface area contributed by atoms with E-state index in [4.69, 9.17) is 0 Å². The summed E-state index contributed by atoms with van der Waals surface area (Å²) in [4.78, 5) is 13.1. The number of thiophene rings is 1. The van der Waals surface area contributed by atoms with Crippen molar-refractivity contribution in [2.45, 2.75) is 6.92 Å². The van der Waals surface area contributed by atoms with Gasteiger partial charge in [-0.3, -0.25) is 4.79 Å². The first-order valence-electron chi connectivity index (χ1n) is 6.19. The van der Waals surface area contributed by atoms with Crippen LogP contribution in [-0.2, 0) is 0 Å². The molecule has 4 heteroatoms. The Morgan fingerprint density at radius 3 is 2.55 bits per heavy atom. The van der Waals surface area contributed by atoms with Gasteiger partial charge in [0.25, 0.3) is 5.91 Å². The average molecular weight is 346 g/mol. The van der Waals surface area contributed by atoms with Crippen LogP contribution < -0.4 is 5.32 Å². The predicted molar refractivity (Wildman–Crippen MR) is 88.7 cm³/mol. The molecule has 2 nitrogen and oxygen atoms in total. The molecule has 0 saturated carbocycles. The molecule has 3 rings (SSSR count). The number of amides is 1. The van der Waals surface area contributed by atoms with Crippen LogP contribution in [-0.4, -0.2) is 5.91 Å². The molecule has 0 saturated heterocycles. The highest BCUT2D eigenvalue weighted by atomic mass is 79.9. The number of aryl methyl sites for hydroxylation is 1. The molecule has 2 aromatic carbocycles. The number of anilines is 1. The number of hydrogen-bond acceptors (Lipinski definition) is 2.